The second-order valence-corrected chi connectivity index (χ2v) is 4.21. The average molecular weight is 289 g/mol. The van der Waals surface area contributed by atoms with Gasteiger partial charge in [0.25, 0.3) is 5.91 Å². The zero-order valence-corrected chi connectivity index (χ0v) is 11.8. The molecular formula is C15H16FN3O2. The Morgan fingerprint density at radius 1 is 1.33 bits per heavy atom. The predicted molar refractivity (Wildman–Crippen MR) is 79.3 cm³/mol. The molecule has 0 bridgehead atoms. The van der Waals surface area contributed by atoms with E-state index in [-0.39, 0.29) is 11.4 Å². The number of methoxy groups -OCH3 is 1. The van der Waals surface area contributed by atoms with Crippen LogP contribution in [0.1, 0.15) is 17.3 Å². The Morgan fingerprint density at radius 2 is 2.10 bits per heavy atom. The molecule has 1 amide bonds. The topological polar surface area (TPSA) is 63.2 Å². The first-order valence-electron chi connectivity index (χ1n) is 6.50. The van der Waals surface area contributed by atoms with E-state index in [0.717, 1.165) is 0 Å². The fourth-order valence-electron chi connectivity index (χ4n) is 1.85. The summed E-state index contributed by atoms with van der Waals surface area (Å²) in [5.74, 6) is -0.664. The van der Waals surface area contributed by atoms with Gasteiger partial charge in [0.15, 0.2) is 11.6 Å². The molecule has 0 saturated carbocycles. The molecule has 0 spiro atoms. The van der Waals surface area contributed by atoms with E-state index in [1.54, 1.807) is 24.3 Å². The van der Waals surface area contributed by atoms with Crippen LogP contribution in [0, 0.1) is 5.82 Å². The molecule has 110 valence electrons. The third kappa shape index (κ3) is 3.28. The number of rotatable bonds is 5. The number of halogens is 1. The van der Waals surface area contributed by atoms with E-state index in [2.05, 4.69) is 15.6 Å². The van der Waals surface area contributed by atoms with Crippen molar-refractivity contribution in [1.82, 2.24) is 4.98 Å². The van der Waals surface area contributed by atoms with E-state index in [9.17, 15) is 9.18 Å². The minimum atomic E-state index is -0.674. The quantitative estimate of drug-likeness (QED) is 0.888. The third-order valence-corrected chi connectivity index (χ3v) is 2.83. The lowest BCUT2D eigenvalue weighted by Gasteiger charge is -2.11. The molecule has 0 aliphatic rings. The van der Waals surface area contributed by atoms with E-state index in [1.807, 2.05) is 6.92 Å². The van der Waals surface area contributed by atoms with Gasteiger partial charge in [0.2, 0.25) is 0 Å². The minimum Gasteiger partial charge on any atom is -0.495 e. The van der Waals surface area contributed by atoms with Crippen molar-refractivity contribution in [3.8, 4) is 5.75 Å². The van der Waals surface area contributed by atoms with Crippen molar-refractivity contribution in [2.24, 2.45) is 0 Å². The van der Waals surface area contributed by atoms with Crippen LogP contribution in [0.4, 0.5) is 15.9 Å². The van der Waals surface area contributed by atoms with Gasteiger partial charge in [-0.3, -0.25) is 4.79 Å². The number of nitrogens with one attached hydrogen (secondary N) is 2. The Bertz CT molecular complexity index is 647. The van der Waals surface area contributed by atoms with Gasteiger partial charge in [-0.05, 0) is 25.1 Å². The number of hydrogen-bond acceptors (Lipinski definition) is 4. The maximum Gasteiger partial charge on any atom is 0.258 e. The average Bonchev–Trinajstić information content (AvgIpc) is 2.50. The Kier molecular flexibility index (Phi) is 4.71. The van der Waals surface area contributed by atoms with Crippen LogP contribution in [-0.2, 0) is 0 Å². The number of ether oxygens (including phenoxy) is 1. The van der Waals surface area contributed by atoms with Gasteiger partial charge in [0.1, 0.15) is 5.75 Å². The van der Waals surface area contributed by atoms with Crippen LogP contribution in [0.5, 0.6) is 5.75 Å². The highest BCUT2D eigenvalue weighted by Gasteiger charge is 2.17. The molecule has 2 N–H and O–H groups in total. The van der Waals surface area contributed by atoms with Crippen LogP contribution in [0.15, 0.2) is 36.5 Å². The highest BCUT2D eigenvalue weighted by molar-refractivity contribution is 6.05. The van der Waals surface area contributed by atoms with E-state index in [0.29, 0.717) is 18.0 Å². The van der Waals surface area contributed by atoms with Crippen LogP contribution in [0.25, 0.3) is 0 Å². The van der Waals surface area contributed by atoms with Gasteiger partial charge in [-0.15, -0.1) is 0 Å². The number of benzene rings is 1. The Balaban J connectivity index is 2.26. The number of nitrogens with zero attached hydrogens (tertiary/aromatic N) is 1. The van der Waals surface area contributed by atoms with Crippen LogP contribution in [0.2, 0.25) is 0 Å². The maximum atomic E-state index is 14.2. The highest BCUT2D eigenvalue weighted by Crippen LogP contribution is 2.24. The Hall–Kier alpha value is -2.63. The van der Waals surface area contributed by atoms with Gasteiger partial charge in [-0.2, -0.15) is 0 Å². The van der Waals surface area contributed by atoms with Crippen molar-refractivity contribution in [2.75, 3.05) is 24.3 Å². The summed E-state index contributed by atoms with van der Waals surface area (Å²) in [5, 5.41) is 5.40. The van der Waals surface area contributed by atoms with Crippen molar-refractivity contribution < 1.29 is 13.9 Å². The Labute approximate surface area is 122 Å². The summed E-state index contributed by atoms with van der Waals surface area (Å²) < 4.78 is 19.3. The number of anilines is 2. The molecular weight excluding hydrogens is 273 g/mol. The zero-order chi connectivity index (χ0) is 15.2. The number of hydrogen-bond donors (Lipinski definition) is 2. The zero-order valence-electron chi connectivity index (χ0n) is 11.8. The standard InChI is InChI=1S/C15H16FN3O2/c1-3-17-14-13(16)10(8-9-18-14)15(20)19-11-6-4-5-7-12(11)21-2/h4-9H,3H2,1-2H3,(H,17,18)(H,19,20). The molecule has 0 aliphatic carbocycles. The van der Waals surface area contributed by atoms with Crippen molar-refractivity contribution in [1.29, 1.82) is 0 Å². The normalized spacial score (nSPS) is 10.0. The van der Waals surface area contributed by atoms with Gasteiger partial charge in [-0.25, -0.2) is 9.37 Å². The van der Waals surface area contributed by atoms with E-state index < -0.39 is 11.7 Å². The number of aromatic nitrogens is 1. The maximum absolute atomic E-state index is 14.2. The molecule has 5 nitrogen and oxygen atoms in total. The molecule has 21 heavy (non-hydrogen) atoms. The Morgan fingerprint density at radius 3 is 2.81 bits per heavy atom. The largest absolute Gasteiger partial charge is 0.495 e. The highest BCUT2D eigenvalue weighted by atomic mass is 19.1. The summed E-state index contributed by atoms with van der Waals surface area (Å²) in [7, 11) is 1.50. The summed E-state index contributed by atoms with van der Waals surface area (Å²) in [6.07, 6.45) is 1.39. The molecule has 0 saturated heterocycles. The number of pyridine rings is 1. The summed E-state index contributed by atoms with van der Waals surface area (Å²) in [6.45, 7) is 2.34. The van der Waals surface area contributed by atoms with Gasteiger partial charge in [0, 0.05) is 12.7 Å². The summed E-state index contributed by atoms with van der Waals surface area (Å²) in [4.78, 5) is 16.1. The van der Waals surface area contributed by atoms with Crippen molar-refractivity contribution >= 4 is 17.4 Å². The monoisotopic (exact) mass is 289 g/mol. The van der Waals surface area contributed by atoms with Gasteiger partial charge < -0.3 is 15.4 Å². The molecule has 2 rings (SSSR count). The van der Waals surface area contributed by atoms with Crippen molar-refractivity contribution in [2.45, 2.75) is 6.92 Å². The number of para-hydroxylation sites is 2. The smallest absolute Gasteiger partial charge is 0.258 e. The second kappa shape index (κ2) is 6.69. The fraction of sp³-hybridized carbons (Fsp3) is 0.200. The molecule has 1 aromatic heterocycles. The lowest BCUT2D eigenvalue weighted by Crippen LogP contribution is -2.16. The van der Waals surface area contributed by atoms with E-state index in [1.165, 1.54) is 19.4 Å². The molecule has 0 fully saturated rings. The van der Waals surface area contributed by atoms with Crippen LogP contribution >= 0.6 is 0 Å². The van der Waals surface area contributed by atoms with Gasteiger partial charge in [0.05, 0.1) is 18.4 Å². The fourth-order valence-corrected chi connectivity index (χ4v) is 1.85. The number of carbonyl (C=O) groups is 1. The predicted octanol–water partition coefficient (Wildman–Crippen LogP) is 2.91. The summed E-state index contributed by atoms with van der Waals surface area (Å²) in [5.41, 5.74) is 0.401. The van der Waals surface area contributed by atoms with E-state index in [4.69, 9.17) is 4.74 Å². The molecule has 0 unspecified atom stereocenters. The first-order chi connectivity index (χ1) is 10.2. The number of carbonyl (C=O) groups excluding carboxylic acids is 1. The first kappa shape index (κ1) is 14.8. The minimum absolute atomic E-state index is 0.0603. The molecule has 1 heterocycles. The molecule has 0 atom stereocenters. The number of amides is 1. The van der Waals surface area contributed by atoms with Crippen molar-refractivity contribution in [3.05, 3.63) is 47.9 Å². The molecule has 0 aliphatic heterocycles. The van der Waals surface area contributed by atoms with Crippen LogP contribution in [-0.4, -0.2) is 24.5 Å². The lowest BCUT2D eigenvalue weighted by molar-refractivity contribution is 0.102. The molecule has 1 aromatic carbocycles. The SMILES string of the molecule is CCNc1nccc(C(=O)Nc2ccccc2OC)c1F. The van der Waals surface area contributed by atoms with Crippen LogP contribution in [0.3, 0.4) is 0 Å². The third-order valence-electron chi connectivity index (χ3n) is 2.83. The van der Waals surface area contributed by atoms with Gasteiger partial charge >= 0.3 is 0 Å². The molecule has 2 aromatic rings. The lowest BCUT2D eigenvalue weighted by atomic mass is 10.2. The van der Waals surface area contributed by atoms with Crippen LogP contribution < -0.4 is 15.4 Å². The second-order valence-electron chi connectivity index (χ2n) is 4.21. The first-order valence-corrected chi connectivity index (χ1v) is 6.50. The summed E-state index contributed by atoms with van der Waals surface area (Å²) >= 11 is 0. The summed E-state index contributed by atoms with van der Waals surface area (Å²) in [6, 6.07) is 8.26. The van der Waals surface area contributed by atoms with Gasteiger partial charge in [-0.1, -0.05) is 12.1 Å². The molecule has 0 radical (unpaired) electrons. The van der Waals surface area contributed by atoms with E-state index >= 15 is 0 Å². The molecule has 6 heteroatoms. The van der Waals surface area contributed by atoms with Crippen molar-refractivity contribution in [3.63, 3.8) is 0 Å².